The van der Waals surface area contributed by atoms with Crippen LogP contribution < -0.4 is 10.7 Å². The zero-order valence-electron chi connectivity index (χ0n) is 17.7. The van der Waals surface area contributed by atoms with Gasteiger partial charge in [0.2, 0.25) is 5.91 Å². The van der Waals surface area contributed by atoms with Crippen LogP contribution in [0.4, 0.5) is 4.39 Å². The van der Waals surface area contributed by atoms with Crippen molar-refractivity contribution in [1.29, 1.82) is 0 Å². The second kappa shape index (κ2) is 16.7. The van der Waals surface area contributed by atoms with E-state index in [1.807, 2.05) is 0 Å². The minimum absolute atomic E-state index is 0.0996. The average Bonchev–Trinajstić information content (AvgIpc) is 2.72. The van der Waals surface area contributed by atoms with E-state index in [9.17, 15) is 14.0 Å². The normalized spacial score (nSPS) is 11.0. The van der Waals surface area contributed by atoms with Crippen molar-refractivity contribution in [2.45, 2.75) is 84.0 Å². The highest BCUT2D eigenvalue weighted by Crippen LogP contribution is 2.11. The van der Waals surface area contributed by atoms with Gasteiger partial charge in [0.15, 0.2) is 0 Å². The summed E-state index contributed by atoms with van der Waals surface area (Å²) in [6.07, 6.45) is 15.5. The molecule has 0 saturated heterocycles. The summed E-state index contributed by atoms with van der Waals surface area (Å²) in [5.74, 6) is -0.832. The van der Waals surface area contributed by atoms with Crippen molar-refractivity contribution in [1.82, 2.24) is 10.7 Å². The van der Waals surface area contributed by atoms with Gasteiger partial charge in [-0.3, -0.25) is 9.59 Å². The molecule has 0 atom stereocenters. The van der Waals surface area contributed by atoms with Gasteiger partial charge in [0.1, 0.15) is 5.82 Å². The van der Waals surface area contributed by atoms with Gasteiger partial charge in [-0.25, -0.2) is 9.82 Å². The fourth-order valence-electron chi connectivity index (χ4n) is 2.98. The fourth-order valence-corrected chi connectivity index (χ4v) is 2.98. The largest absolute Gasteiger partial charge is 0.347 e. The molecule has 1 aromatic carbocycles. The molecule has 0 bridgehead atoms. The third kappa shape index (κ3) is 14.4. The molecule has 0 aliphatic carbocycles. The molecule has 29 heavy (non-hydrogen) atoms. The van der Waals surface area contributed by atoms with E-state index < -0.39 is 5.91 Å². The van der Waals surface area contributed by atoms with E-state index in [4.69, 9.17) is 0 Å². The Bertz CT molecular complexity index is 603. The summed E-state index contributed by atoms with van der Waals surface area (Å²) < 4.78 is 12.8. The van der Waals surface area contributed by atoms with E-state index in [0.717, 1.165) is 12.8 Å². The van der Waals surface area contributed by atoms with Crippen LogP contribution in [0.5, 0.6) is 0 Å². The minimum atomic E-state index is -0.393. The number of carbonyl (C=O) groups is 2. The Hall–Kier alpha value is -2.24. The summed E-state index contributed by atoms with van der Waals surface area (Å²) in [6.45, 7) is 2.14. The molecule has 0 heterocycles. The Morgan fingerprint density at radius 2 is 1.41 bits per heavy atom. The highest BCUT2D eigenvalue weighted by atomic mass is 19.1. The monoisotopic (exact) mass is 405 g/mol. The topological polar surface area (TPSA) is 70.6 Å². The number of hydrogen-bond donors (Lipinski definition) is 2. The summed E-state index contributed by atoms with van der Waals surface area (Å²) in [5.41, 5.74) is 3.01. The number of rotatable bonds is 16. The Kier molecular flexibility index (Phi) is 14.3. The van der Waals surface area contributed by atoms with Crippen molar-refractivity contribution in [2.24, 2.45) is 5.10 Å². The molecule has 2 amide bonds. The molecule has 1 rings (SSSR count). The van der Waals surface area contributed by atoms with Gasteiger partial charge >= 0.3 is 0 Å². The predicted octanol–water partition coefficient (Wildman–Crippen LogP) is 5.09. The molecule has 1 aromatic rings. The summed E-state index contributed by atoms with van der Waals surface area (Å²) in [6, 6.07) is 5.75. The van der Waals surface area contributed by atoms with Gasteiger partial charge in [0, 0.05) is 6.42 Å². The number of amides is 2. The lowest BCUT2D eigenvalue weighted by molar-refractivity contribution is -0.126. The zero-order valence-corrected chi connectivity index (χ0v) is 17.7. The Morgan fingerprint density at radius 3 is 2.00 bits per heavy atom. The maximum atomic E-state index is 12.8. The summed E-state index contributed by atoms with van der Waals surface area (Å²) >= 11 is 0. The molecule has 0 spiro atoms. The fraction of sp³-hybridized carbons (Fsp3) is 0.609. The van der Waals surface area contributed by atoms with Crippen LogP contribution >= 0.6 is 0 Å². The first-order valence-corrected chi connectivity index (χ1v) is 11.0. The highest BCUT2D eigenvalue weighted by molar-refractivity contribution is 5.86. The van der Waals surface area contributed by atoms with Crippen LogP contribution in [0.25, 0.3) is 0 Å². The molecule has 2 N–H and O–H groups in total. The number of nitrogens with zero attached hydrogens (tertiary/aromatic N) is 1. The number of hydrazone groups is 1. The molecule has 0 saturated carbocycles. The standard InChI is InChI=1S/C23H36FN3O2/c1-2-3-4-5-6-7-8-9-10-11-12-13-22(28)25-19-23(29)27-26-18-20-14-16-21(24)17-15-20/h14-18H,2-13,19H2,1H3,(H,25,28)(H,27,29). The van der Waals surface area contributed by atoms with E-state index in [0.29, 0.717) is 12.0 Å². The quantitative estimate of drug-likeness (QED) is 0.228. The van der Waals surface area contributed by atoms with Crippen LogP contribution in [0.1, 0.15) is 89.5 Å². The molecule has 0 aliphatic rings. The summed E-state index contributed by atoms with van der Waals surface area (Å²) in [5, 5.41) is 6.38. The van der Waals surface area contributed by atoms with Crippen LogP contribution in [-0.2, 0) is 9.59 Å². The van der Waals surface area contributed by atoms with Crippen molar-refractivity contribution in [2.75, 3.05) is 6.54 Å². The first kappa shape index (κ1) is 24.8. The van der Waals surface area contributed by atoms with Gasteiger partial charge in [0.25, 0.3) is 5.91 Å². The molecule has 6 heteroatoms. The van der Waals surface area contributed by atoms with Crippen molar-refractivity contribution in [3.63, 3.8) is 0 Å². The van der Waals surface area contributed by atoms with E-state index in [2.05, 4.69) is 22.8 Å². The van der Waals surface area contributed by atoms with Gasteiger partial charge in [-0.05, 0) is 24.1 Å². The molecule has 0 aliphatic heterocycles. The van der Waals surface area contributed by atoms with E-state index in [1.165, 1.54) is 76.1 Å². The Morgan fingerprint density at radius 1 is 0.862 bits per heavy atom. The lowest BCUT2D eigenvalue weighted by Crippen LogP contribution is -2.34. The molecule has 0 fully saturated rings. The van der Waals surface area contributed by atoms with Gasteiger partial charge in [-0.1, -0.05) is 83.3 Å². The first-order chi connectivity index (χ1) is 14.1. The number of carbonyl (C=O) groups excluding carboxylic acids is 2. The van der Waals surface area contributed by atoms with Gasteiger partial charge in [-0.2, -0.15) is 5.10 Å². The van der Waals surface area contributed by atoms with Crippen LogP contribution in [0.15, 0.2) is 29.4 Å². The van der Waals surface area contributed by atoms with Crippen molar-refractivity contribution in [3.05, 3.63) is 35.6 Å². The van der Waals surface area contributed by atoms with Crippen molar-refractivity contribution >= 4 is 18.0 Å². The second-order valence-electron chi connectivity index (χ2n) is 7.41. The summed E-state index contributed by atoms with van der Waals surface area (Å²) in [7, 11) is 0. The van der Waals surface area contributed by atoms with Crippen LogP contribution in [-0.4, -0.2) is 24.6 Å². The van der Waals surface area contributed by atoms with Crippen LogP contribution in [0, 0.1) is 5.82 Å². The van der Waals surface area contributed by atoms with Gasteiger partial charge < -0.3 is 5.32 Å². The molecular weight excluding hydrogens is 369 g/mol. The Labute approximate surface area is 174 Å². The van der Waals surface area contributed by atoms with Crippen molar-refractivity contribution < 1.29 is 14.0 Å². The molecule has 0 aromatic heterocycles. The van der Waals surface area contributed by atoms with E-state index in [-0.39, 0.29) is 18.3 Å². The molecule has 5 nitrogen and oxygen atoms in total. The van der Waals surface area contributed by atoms with Crippen LogP contribution in [0.3, 0.4) is 0 Å². The number of hydrogen-bond acceptors (Lipinski definition) is 3. The SMILES string of the molecule is CCCCCCCCCCCCCC(=O)NCC(=O)NN=Cc1ccc(F)cc1. The first-order valence-electron chi connectivity index (χ1n) is 11.0. The maximum Gasteiger partial charge on any atom is 0.259 e. The van der Waals surface area contributed by atoms with E-state index >= 15 is 0 Å². The molecule has 162 valence electrons. The second-order valence-corrected chi connectivity index (χ2v) is 7.41. The minimum Gasteiger partial charge on any atom is -0.347 e. The number of nitrogens with one attached hydrogen (secondary N) is 2. The lowest BCUT2D eigenvalue weighted by atomic mass is 10.1. The predicted molar refractivity (Wildman–Crippen MR) is 116 cm³/mol. The number of benzene rings is 1. The zero-order chi connectivity index (χ0) is 21.2. The number of halogens is 1. The van der Waals surface area contributed by atoms with Gasteiger partial charge in [-0.15, -0.1) is 0 Å². The smallest absolute Gasteiger partial charge is 0.259 e. The lowest BCUT2D eigenvalue weighted by Gasteiger charge is -2.05. The summed E-state index contributed by atoms with van der Waals surface area (Å²) in [4.78, 5) is 23.4. The highest BCUT2D eigenvalue weighted by Gasteiger charge is 2.04. The molecule has 0 radical (unpaired) electrons. The van der Waals surface area contributed by atoms with Crippen LogP contribution in [0.2, 0.25) is 0 Å². The molecule has 0 unspecified atom stereocenters. The van der Waals surface area contributed by atoms with E-state index in [1.54, 1.807) is 12.1 Å². The van der Waals surface area contributed by atoms with Gasteiger partial charge in [0.05, 0.1) is 12.8 Å². The van der Waals surface area contributed by atoms with Crippen molar-refractivity contribution in [3.8, 4) is 0 Å². The molecular formula is C23H36FN3O2. The number of unbranched alkanes of at least 4 members (excludes halogenated alkanes) is 10. The third-order valence-corrected chi connectivity index (χ3v) is 4.73. The average molecular weight is 406 g/mol. The third-order valence-electron chi connectivity index (χ3n) is 4.73. The Balaban J connectivity index is 1.95. The maximum absolute atomic E-state index is 12.8.